The minimum Gasteiger partial charge on any atom is -0.289 e. The van der Waals surface area contributed by atoms with Gasteiger partial charge in [-0.3, -0.25) is 15.0 Å². The molecule has 2 aromatic rings. The highest BCUT2D eigenvalue weighted by Gasteiger charge is 2.39. The molecular weight excluding hydrogens is 264 g/mol. The first-order chi connectivity index (χ1) is 10.2. The molecule has 4 heteroatoms. The lowest BCUT2D eigenvalue weighted by atomic mass is 9.98. The van der Waals surface area contributed by atoms with Crippen LogP contribution in [0.5, 0.6) is 0 Å². The van der Waals surface area contributed by atoms with E-state index < -0.39 is 5.92 Å². The number of hydrogen-bond donors (Lipinski definition) is 1. The van der Waals surface area contributed by atoms with Gasteiger partial charge in [0.1, 0.15) is 0 Å². The summed E-state index contributed by atoms with van der Waals surface area (Å²) in [6.45, 7) is 1.93. The van der Waals surface area contributed by atoms with E-state index >= 15 is 0 Å². The number of amides is 2. The van der Waals surface area contributed by atoms with Crippen LogP contribution in [0.3, 0.4) is 0 Å². The number of aryl methyl sites for hydroxylation is 1. The lowest BCUT2D eigenvalue weighted by Gasteiger charge is -2.18. The van der Waals surface area contributed by atoms with Gasteiger partial charge in [0, 0.05) is 6.42 Å². The Bertz CT molecular complexity index is 682. The number of carbonyl (C=O) groups excluding carboxylic acids is 2. The number of rotatable bonds is 3. The minimum absolute atomic E-state index is 0.197. The molecular formula is C17H16N2O2. The number of benzene rings is 2. The summed E-state index contributed by atoms with van der Waals surface area (Å²) < 4.78 is 0. The third kappa shape index (κ3) is 2.52. The molecule has 1 unspecified atom stereocenters. The molecule has 0 radical (unpaired) electrons. The van der Waals surface area contributed by atoms with Crippen molar-refractivity contribution < 1.29 is 9.59 Å². The molecule has 1 heterocycles. The molecule has 0 saturated carbocycles. The van der Waals surface area contributed by atoms with Crippen LogP contribution in [0.4, 0.5) is 5.69 Å². The summed E-state index contributed by atoms with van der Waals surface area (Å²) in [7, 11) is 0. The smallest absolute Gasteiger partial charge is 0.256 e. The first-order valence-corrected chi connectivity index (χ1v) is 6.91. The van der Waals surface area contributed by atoms with Gasteiger partial charge in [-0.05, 0) is 24.1 Å². The average Bonchev–Trinajstić information content (AvgIpc) is 2.78. The Morgan fingerprint density at radius 1 is 1.00 bits per heavy atom. The third-order valence-corrected chi connectivity index (χ3v) is 3.73. The molecule has 0 spiro atoms. The van der Waals surface area contributed by atoms with Crippen LogP contribution in [0.2, 0.25) is 0 Å². The van der Waals surface area contributed by atoms with Gasteiger partial charge >= 0.3 is 0 Å². The molecule has 1 N–H and O–H groups in total. The molecule has 1 aliphatic heterocycles. The normalized spacial score (nSPS) is 18.1. The van der Waals surface area contributed by atoms with Crippen molar-refractivity contribution in [2.45, 2.75) is 19.3 Å². The molecule has 3 rings (SSSR count). The highest BCUT2D eigenvalue weighted by molar-refractivity contribution is 6.07. The summed E-state index contributed by atoms with van der Waals surface area (Å²) in [5.74, 6) is -0.790. The van der Waals surface area contributed by atoms with Crippen molar-refractivity contribution in [3.05, 3.63) is 65.7 Å². The van der Waals surface area contributed by atoms with Gasteiger partial charge in [0.25, 0.3) is 5.91 Å². The van der Waals surface area contributed by atoms with E-state index in [9.17, 15) is 9.59 Å². The Hall–Kier alpha value is -2.62. The number of carbonyl (C=O) groups is 2. The Labute approximate surface area is 123 Å². The standard InChI is InChI=1S/C17H16N2O2/c1-12-7-5-6-10-15(12)18-19-16(20)11-14(17(19)21)13-8-3-2-4-9-13/h2-10,14,18H,11H2,1H3. The van der Waals surface area contributed by atoms with E-state index in [1.807, 2.05) is 61.5 Å². The molecule has 1 aliphatic rings. The van der Waals surface area contributed by atoms with Crippen LogP contribution in [0.25, 0.3) is 0 Å². The van der Waals surface area contributed by atoms with E-state index in [0.29, 0.717) is 0 Å². The summed E-state index contributed by atoms with van der Waals surface area (Å²) >= 11 is 0. The third-order valence-electron chi connectivity index (χ3n) is 3.73. The van der Waals surface area contributed by atoms with Gasteiger partial charge in [0.15, 0.2) is 0 Å². The zero-order chi connectivity index (χ0) is 14.8. The van der Waals surface area contributed by atoms with Crippen molar-refractivity contribution in [1.29, 1.82) is 0 Å². The van der Waals surface area contributed by atoms with Gasteiger partial charge in [-0.25, -0.2) is 0 Å². The first kappa shape index (κ1) is 13.4. The van der Waals surface area contributed by atoms with Crippen LogP contribution < -0.4 is 5.43 Å². The predicted octanol–water partition coefficient (Wildman–Crippen LogP) is 2.86. The number of anilines is 1. The highest BCUT2D eigenvalue weighted by Crippen LogP contribution is 2.30. The lowest BCUT2D eigenvalue weighted by Crippen LogP contribution is -2.36. The molecule has 1 atom stereocenters. The van der Waals surface area contributed by atoms with Crippen LogP contribution >= 0.6 is 0 Å². The fraction of sp³-hybridized carbons (Fsp3) is 0.176. The summed E-state index contributed by atoms with van der Waals surface area (Å²) in [6.07, 6.45) is 0.210. The Kier molecular flexibility index (Phi) is 3.44. The molecule has 1 saturated heterocycles. The average molecular weight is 280 g/mol. The van der Waals surface area contributed by atoms with E-state index in [1.165, 1.54) is 0 Å². The Morgan fingerprint density at radius 3 is 2.38 bits per heavy atom. The zero-order valence-corrected chi connectivity index (χ0v) is 11.7. The number of hydrogen-bond acceptors (Lipinski definition) is 3. The second kappa shape index (κ2) is 5.40. The highest BCUT2D eigenvalue weighted by atomic mass is 16.2. The number of imide groups is 1. The van der Waals surface area contributed by atoms with Gasteiger partial charge < -0.3 is 0 Å². The van der Waals surface area contributed by atoms with Crippen molar-refractivity contribution in [2.24, 2.45) is 0 Å². The van der Waals surface area contributed by atoms with Gasteiger partial charge in [-0.1, -0.05) is 48.5 Å². The number of para-hydroxylation sites is 1. The van der Waals surface area contributed by atoms with Crippen molar-refractivity contribution in [2.75, 3.05) is 5.43 Å². The van der Waals surface area contributed by atoms with Crippen LogP contribution in [0, 0.1) is 6.92 Å². The minimum atomic E-state index is -0.393. The fourth-order valence-corrected chi connectivity index (χ4v) is 2.51. The number of nitrogens with zero attached hydrogens (tertiary/aromatic N) is 1. The molecule has 4 nitrogen and oxygen atoms in total. The molecule has 0 aliphatic carbocycles. The largest absolute Gasteiger partial charge is 0.289 e. The van der Waals surface area contributed by atoms with E-state index in [4.69, 9.17) is 0 Å². The maximum absolute atomic E-state index is 12.5. The van der Waals surface area contributed by atoms with Gasteiger partial charge in [-0.2, -0.15) is 5.01 Å². The fourth-order valence-electron chi connectivity index (χ4n) is 2.51. The number of hydrazine groups is 1. The molecule has 21 heavy (non-hydrogen) atoms. The summed E-state index contributed by atoms with van der Waals surface area (Å²) in [5.41, 5.74) is 5.58. The topological polar surface area (TPSA) is 49.4 Å². The monoisotopic (exact) mass is 280 g/mol. The molecule has 106 valence electrons. The van der Waals surface area contributed by atoms with E-state index in [-0.39, 0.29) is 18.2 Å². The van der Waals surface area contributed by atoms with E-state index in [2.05, 4.69) is 5.43 Å². The summed E-state index contributed by atoms with van der Waals surface area (Å²) in [4.78, 5) is 24.6. The molecule has 2 amide bonds. The van der Waals surface area contributed by atoms with Crippen LogP contribution in [-0.4, -0.2) is 16.8 Å². The SMILES string of the molecule is Cc1ccccc1NN1C(=O)CC(c2ccccc2)C1=O. The summed E-state index contributed by atoms with van der Waals surface area (Å²) in [6, 6.07) is 17.0. The van der Waals surface area contributed by atoms with Crippen molar-refractivity contribution in [1.82, 2.24) is 5.01 Å². The van der Waals surface area contributed by atoms with Crippen molar-refractivity contribution in [3.63, 3.8) is 0 Å². The number of nitrogens with one attached hydrogen (secondary N) is 1. The maximum atomic E-state index is 12.5. The predicted molar refractivity (Wildman–Crippen MR) is 80.5 cm³/mol. The Morgan fingerprint density at radius 2 is 1.67 bits per heavy atom. The second-order valence-corrected chi connectivity index (χ2v) is 5.16. The van der Waals surface area contributed by atoms with Gasteiger partial charge in [-0.15, -0.1) is 0 Å². The van der Waals surface area contributed by atoms with E-state index in [1.54, 1.807) is 0 Å². The van der Waals surface area contributed by atoms with Gasteiger partial charge in [0.05, 0.1) is 11.6 Å². The molecule has 0 bridgehead atoms. The van der Waals surface area contributed by atoms with E-state index in [0.717, 1.165) is 21.8 Å². The van der Waals surface area contributed by atoms with Crippen LogP contribution in [-0.2, 0) is 9.59 Å². The lowest BCUT2D eigenvalue weighted by molar-refractivity contribution is -0.137. The van der Waals surface area contributed by atoms with Crippen molar-refractivity contribution in [3.8, 4) is 0 Å². The van der Waals surface area contributed by atoms with Crippen LogP contribution in [0.15, 0.2) is 54.6 Å². The Balaban J connectivity index is 1.83. The quantitative estimate of drug-likeness (QED) is 0.879. The summed E-state index contributed by atoms with van der Waals surface area (Å²) in [5, 5.41) is 1.14. The molecule has 2 aromatic carbocycles. The van der Waals surface area contributed by atoms with Gasteiger partial charge in [0.2, 0.25) is 5.91 Å². The molecule has 0 aromatic heterocycles. The maximum Gasteiger partial charge on any atom is 0.256 e. The second-order valence-electron chi connectivity index (χ2n) is 5.16. The van der Waals surface area contributed by atoms with Crippen LogP contribution in [0.1, 0.15) is 23.5 Å². The molecule has 1 fully saturated rings. The zero-order valence-electron chi connectivity index (χ0n) is 11.7. The first-order valence-electron chi connectivity index (χ1n) is 6.91. The van der Waals surface area contributed by atoms with Crippen molar-refractivity contribution >= 4 is 17.5 Å².